The number of fused-ring (bicyclic) bond motifs is 1. The summed E-state index contributed by atoms with van der Waals surface area (Å²) in [6.45, 7) is 1.97. The molecule has 0 aliphatic carbocycles. The molecule has 3 rings (SSSR count). The molecule has 3 aromatic rings. The molecule has 114 valence electrons. The minimum Gasteiger partial charge on any atom is -0.383 e. The molecule has 0 bridgehead atoms. The van der Waals surface area contributed by atoms with Gasteiger partial charge in [-0.25, -0.2) is 15.0 Å². The number of hydrogen-bond acceptors (Lipinski definition) is 5. The van der Waals surface area contributed by atoms with Gasteiger partial charge < -0.3 is 14.6 Å². The zero-order valence-corrected chi connectivity index (χ0v) is 12.9. The van der Waals surface area contributed by atoms with Gasteiger partial charge in [0.1, 0.15) is 11.8 Å². The lowest BCUT2D eigenvalue weighted by molar-refractivity contribution is 0.188. The van der Waals surface area contributed by atoms with Crippen molar-refractivity contribution in [3.63, 3.8) is 0 Å². The number of benzene rings is 1. The van der Waals surface area contributed by atoms with Crippen molar-refractivity contribution in [1.29, 1.82) is 0 Å². The third kappa shape index (κ3) is 3.18. The first-order valence-corrected chi connectivity index (χ1v) is 7.29. The van der Waals surface area contributed by atoms with E-state index in [9.17, 15) is 0 Å². The molecule has 1 N–H and O–H groups in total. The average molecular weight is 318 g/mol. The molecule has 0 fully saturated rings. The summed E-state index contributed by atoms with van der Waals surface area (Å²) in [5, 5.41) is 4.02. The third-order valence-corrected chi connectivity index (χ3v) is 3.56. The van der Waals surface area contributed by atoms with Gasteiger partial charge in [-0.05, 0) is 17.7 Å². The molecule has 1 aromatic carbocycles. The Bertz CT molecular complexity index is 756. The van der Waals surface area contributed by atoms with Gasteiger partial charge in [0.05, 0.1) is 12.9 Å². The monoisotopic (exact) mass is 317 g/mol. The minimum absolute atomic E-state index is 0.614. The van der Waals surface area contributed by atoms with Gasteiger partial charge >= 0.3 is 0 Å². The second-order valence-corrected chi connectivity index (χ2v) is 5.24. The first kappa shape index (κ1) is 14.7. The number of anilines is 1. The maximum absolute atomic E-state index is 5.89. The molecule has 0 radical (unpaired) electrons. The molecule has 0 aliphatic rings. The van der Waals surface area contributed by atoms with Gasteiger partial charge in [-0.3, -0.25) is 0 Å². The number of nitrogens with one attached hydrogen (secondary N) is 1. The highest BCUT2D eigenvalue weighted by Crippen LogP contribution is 2.18. The third-order valence-electron chi connectivity index (χ3n) is 3.31. The largest absolute Gasteiger partial charge is 0.383 e. The lowest BCUT2D eigenvalue weighted by Crippen LogP contribution is -2.05. The summed E-state index contributed by atoms with van der Waals surface area (Å²) >= 11 is 5.89. The Labute approximate surface area is 133 Å². The molecule has 0 spiro atoms. The number of ether oxygens (including phenoxy) is 1. The van der Waals surface area contributed by atoms with Crippen LogP contribution in [0.5, 0.6) is 0 Å². The molecule has 6 nitrogen and oxygen atoms in total. The predicted molar refractivity (Wildman–Crippen MR) is 86.0 cm³/mol. The summed E-state index contributed by atoms with van der Waals surface area (Å²) in [7, 11) is 1.67. The fourth-order valence-electron chi connectivity index (χ4n) is 2.15. The van der Waals surface area contributed by atoms with E-state index in [1.807, 2.05) is 28.8 Å². The second-order valence-electron chi connectivity index (χ2n) is 4.81. The van der Waals surface area contributed by atoms with Crippen molar-refractivity contribution >= 4 is 28.6 Å². The zero-order chi connectivity index (χ0) is 15.4. The van der Waals surface area contributed by atoms with Crippen LogP contribution in [0, 0.1) is 0 Å². The fraction of sp³-hybridized carbons (Fsp3) is 0.267. The van der Waals surface area contributed by atoms with E-state index in [1.54, 1.807) is 13.4 Å². The maximum Gasteiger partial charge on any atom is 0.165 e. The van der Waals surface area contributed by atoms with Crippen molar-refractivity contribution in [2.45, 2.75) is 13.1 Å². The molecule has 0 unspecified atom stereocenters. The van der Waals surface area contributed by atoms with Crippen LogP contribution in [-0.2, 0) is 17.8 Å². The Morgan fingerprint density at radius 2 is 2.00 bits per heavy atom. The number of nitrogens with zero attached hydrogens (tertiary/aromatic N) is 4. The molecular weight excluding hydrogens is 302 g/mol. The topological polar surface area (TPSA) is 64.9 Å². The SMILES string of the molecule is COCCn1cnc2c(NCc3ccc(Cl)cc3)ncnc21. The van der Waals surface area contributed by atoms with Crippen LogP contribution in [0.25, 0.3) is 11.2 Å². The standard InChI is InChI=1S/C15H16ClN5O/c1-22-7-6-21-10-20-13-14(18-9-19-15(13)21)17-8-11-2-4-12(16)5-3-11/h2-5,9-10H,6-8H2,1H3,(H,17,18,19). The molecule has 2 aromatic heterocycles. The minimum atomic E-state index is 0.614. The number of halogens is 1. The lowest BCUT2D eigenvalue weighted by atomic mass is 10.2. The summed E-state index contributed by atoms with van der Waals surface area (Å²) in [4.78, 5) is 13.0. The number of rotatable bonds is 6. The molecule has 22 heavy (non-hydrogen) atoms. The smallest absolute Gasteiger partial charge is 0.165 e. The summed E-state index contributed by atoms with van der Waals surface area (Å²) < 4.78 is 7.04. The molecule has 7 heteroatoms. The van der Waals surface area contributed by atoms with Crippen molar-refractivity contribution < 1.29 is 4.74 Å². The summed E-state index contributed by atoms with van der Waals surface area (Å²) in [6.07, 6.45) is 3.29. The number of hydrogen-bond donors (Lipinski definition) is 1. The quantitative estimate of drug-likeness (QED) is 0.757. The van der Waals surface area contributed by atoms with Crippen LogP contribution >= 0.6 is 11.6 Å². The summed E-state index contributed by atoms with van der Waals surface area (Å²) in [6, 6.07) is 7.69. The highest BCUT2D eigenvalue weighted by atomic mass is 35.5. The Morgan fingerprint density at radius 1 is 1.18 bits per heavy atom. The summed E-state index contributed by atoms with van der Waals surface area (Å²) in [5.41, 5.74) is 2.67. The lowest BCUT2D eigenvalue weighted by Gasteiger charge is -2.07. The van der Waals surface area contributed by atoms with Crippen LogP contribution in [0.15, 0.2) is 36.9 Å². The average Bonchev–Trinajstić information content (AvgIpc) is 2.96. The highest BCUT2D eigenvalue weighted by Gasteiger charge is 2.09. The fourth-order valence-corrected chi connectivity index (χ4v) is 2.28. The molecule has 0 amide bonds. The van der Waals surface area contributed by atoms with Gasteiger partial charge in [0.15, 0.2) is 11.5 Å². The Hall–Kier alpha value is -2.18. The van der Waals surface area contributed by atoms with Crippen LogP contribution in [0.2, 0.25) is 5.02 Å². The highest BCUT2D eigenvalue weighted by molar-refractivity contribution is 6.30. The van der Waals surface area contributed by atoms with E-state index in [2.05, 4.69) is 20.3 Å². The molecule has 0 saturated heterocycles. The van der Waals surface area contributed by atoms with Gasteiger partial charge in [-0.15, -0.1) is 0 Å². The van der Waals surface area contributed by atoms with E-state index in [4.69, 9.17) is 16.3 Å². The second kappa shape index (κ2) is 6.72. The van der Waals surface area contributed by atoms with E-state index in [1.165, 1.54) is 6.33 Å². The first-order valence-electron chi connectivity index (χ1n) is 6.91. The van der Waals surface area contributed by atoms with E-state index >= 15 is 0 Å². The van der Waals surface area contributed by atoms with Crippen LogP contribution in [-0.4, -0.2) is 33.2 Å². The van der Waals surface area contributed by atoms with Gasteiger partial charge in [-0.2, -0.15) is 0 Å². The number of aromatic nitrogens is 4. The summed E-state index contributed by atoms with van der Waals surface area (Å²) in [5.74, 6) is 0.719. The molecule has 0 saturated carbocycles. The Morgan fingerprint density at radius 3 is 2.77 bits per heavy atom. The number of imidazole rings is 1. The zero-order valence-electron chi connectivity index (χ0n) is 12.2. The Balaban J connectivity index is 1.78. The van der Waals surface area contributed by atoms with Crippen LogP contribution < -0.4 is 5.32 Å². The number of methoxy groups -OCH3 is 1. The maximum atomic E-state index is 5.89. The molecule has 0 atom stereocenters. The Kier molecular flexibility index (Phi) is 4.50. The predicted octanol–water partition coefficient (Wildman–Crippen LogP) is 2.74. The van der Waals surface area contributed by atoms with Crippen molar-refractivity contribution in [3.05, 3.63) is 47.5 Å². The van der Waals surface area contributed by atoms with Crippen LogP contribution in [0.1, 0.15) is 5.56 Å². The van der Waals surface area contributed by atoms with Crippen LogP contribution in [0.3, 0.4) is 0 Å². The van der Waals surface area contributed by atoms with Crippen molar-refractivity contribution in [2.24, 2.45) is 0 Å². The van der Waals surface area contributed by atoms with Gasteiger partial charge in [0.2, 0.25) is 0 Å². The van der Waals surface area contributed by atoms with Crippen LogP contribution in [0.4, 0.5) is 5.82 Å². The van der Waals surface area contributed by atoms with E-state index in [-0.39, 0.29) is 0 Å². The van der Waals surface area contributed by atoms with Gasteiger partial charge in [0, 0.05) is 25.2 Å². The molecular formula is C15H16ClN5O. The van der Waals surface area contributed by atoms with E-state index < -0.39 is 0 Å². The van der Waals surface area contributed by atoms with E-state index in [0.717, 1.165) is 27.6 Å². The van der Waals surface area contributed by atoms with Crippen molar-refractivity contribution in [1.82, 2.24) is 19.5 Å². The van der Waals surface area contributed by atoms with Crippen molar-refractivity contribution in [3.8, 4) is 0 Å². The molecule has 0 aliphatic heterocycles. The normalized spacial score (nSPS) is 11.0. The van der Waals surface area contributed by atoms with Gasteiger partial charge in [-0.1, -0.05) is 23.7 Å². The van der Waals surface area contributed by atoms with E-state index in [0.29, 0.717) is 19.7 Å². The van der Waals surface area contributed by atoms with Crippen molar-refractivity contribution in [2.75, 3.05) is 19.0 Å². The van der Waals surface area contributed by atoms with Gasteiger partial charge in [0.25, 0.3) is 0 Å². The molecule has 2 heterocycles. The first-order chi connectivity index (χ1) is 10.8.